The van der Waals surface area contributed by atoms with Crippen molar-refractivity contribution in [3.8, 4) is 6.07 Å². The average molecular weight is 466 g/mol. The summed E-state index contributed by atoms with van der Waals surface area (Å²) in [6.45, 7) is 0.749. The highest BCUT2D eigenvalue weighted by Crippen LogP contribution is 2.37. The molecule has 1 aliphatic carbocycles. The van der Waals surface area contributed by atoms with E-state index in [2.05, 4.69) is 21.2 Å². The van der Waals surface area contributed by atoms with Gasteiger partial charge in [0.2, 0.25) is 10.0 Å². The number of fused-ring (bicyclic) bond motifs is 1. The molecule has 2 aromatic rings. The zero-order chi connectivity index (χ0) is 22.6. The summed E-state index contributed by atoms with van der Waals surface area (Å²) in [5.41, 5.74) is 1.47. The molecule has 3 rings (SSSR count). The van der Waals surface area contributed by atoms with Crippen molar-refractivity contribution in [3.05, 3.63) is 28.4 Å². The summed E-state index contributed by atoms with van der Waals surface area (Å²) in [4.78, 5) is 25.5. The Hall–Kier alpha value is -2.75. The number of carbonyl (C=O) groups excluding carboxylic acids is 2. The van der Waals surface area contributed by atoms with Gasteiger partial charge in [0, 0.05) is 18.1 Å². The van der Waals surface area contributed by atoms with Crippen LogP contribution in [0.1, 0.15) is 42.2 Å². The van der Waals surface area contributed by atoms with E-state index >= 15 is 0 Å². The number of hydrogen-bond donors (Lipinski definition) is 2. The van der Waals surface area contributed by atoms with Gasteiger partial charge >= 0.3 is 5.97 Å². The molecule has 1 amide bonds. The van der Waals surface area contributed by atoms with Crippen LogP contribution in [0.5, 0.6) is 0 Å². The maximum absolute atomic E-state index is 12.5. The number of sulfonamides is 1. The van der Waals surface area contributed by atoms with Crippen LogP contribution in [0, 0.1) is 11.3 Å². The van der Waals surface area contributed by atoms with Gasteiger partial charge in [-0.1, -0.05) is 6.42 Å². The molecular formula is C19H23N5O5S2. The van der Waals surface area contributed by atoms with Gasteiger partial charge in [0.25, 0.3) is 5.91 Å². The fourth-order valence-electron chi connectivity index (χ4n) is 3.23. The van der Waals surface area contributed by atoms with E-state index in [0.29, 0.717) is 10.6 Å². The van der Waals surface area contributed by atoms with E-state index in [4.69, 9.17) is 4.74 Å². The summed E-state index contributed by atoms with van der Waals surface area (Å²) in [6.07, 6.45) is 6.15. The van der Waals surface area contributed by atoms with E-state index in [-0.39, 0.29) is 4.90 Å². The largest absolute Gasteiger partial charge is 0.452 e. The van der Waals surface area contributed by atoms with Crippen LogP contribution in [0.15, 0.2) is 17.3 Å². The van der Waals surface area contributed by atoms with E-state index in [1.165, 1.54) is 29.1 Å². The number of carbonyl (C=O) groups is 2. The van der Waals surface area contributed by atoms with Crippen LogP contribution in [0.3, 0.4) is 0 Å². The van der Waals surface area contributed by atoms with Crippen LogP contribution in [0.25, 0.3) is 0 Å². The Kier molecular flexibility index (Phi) is 7.09. The molecule has 1 aliphatic rings. The molecule has 0 saturated carbocycles. The predicted octanol–water partition coefficient (Wildman–Crippen LogP) is 1.47. The molecule has 0 radical (unpaired) electrons. The number of anilines is 1. The molecule has 0 saturated heterocycles. The van der Waals surface area contributed by atoms with Crippen molar-refractivity contribution >= 4 is 38.2 Å². The Labute approximate surface area is 184 Å². The lowest BCUT2D eigenvalue weighted by Crippen LogP contribution is -2.35. The predicted molar refractivity (Wildman–Crippen MR) is 113 cm³/mol. The smallest absolute Gasteiger partial charge is 0.321 e. The molecule has 1 unspecified atom stereocenters. The minimum atomic E-state index is -3.92. The standard InChI is InChI=1S/C19H23N5O5S2/c1-12(29-17(25)10-22-31(27,28)13-9-21-24(2)11-13)18(26)23-19-15(8-20)14-6-4-3-5-7-16(14)30-19/h9,11-12,22H,3-7,10H2,1-2H3,(H,23,26). The van der Waals surface area contributed by atoms with E-state index in [1.807, 2.05) is 0 Å². The van der Waals surface area contributed by atoms with Crippen LogP contribution in [-0.4, -0.2) is 42.7 Å². The number of amides is 1. The number of nitrogens with zero attached hydrogens (tertiary/aromatic N) is 3. The van der Waals surface area contributed by atoms with E-state index in [9.17, 15) is 23.3 Å². The van der Waals surface area contributed by atoms with E-state index in [1.54, 1.807) is 7.05 Å². The number of esters is 1. The number of aromatic nitrogens is 2. The second-order valence-electron chi connectivity index (χ2n) is 7.18. The number of ether oxygens (including phenoxy) is 1. The summed E-state index contributed by atoms with van der Waals surface area (Å²) in [5.74, 6) is -1.49. The number of nitriles is 1. The molecule has 2 N–H and O–H groups in total. The zero-order valence-corrected chi connectivity index (χ0v) is 18.8. The first kappa shape index (κ1) is 22.9. The second kappa shape index (κ2) is 9.59. The Morgan fingerprint density at radius 3 is 2.77 bits per heavy atom. The molecule has 1 atom stereocenters. The molecule has 0 aromatic carbocycles. The van der Waals surface area contributed by atoms with Gasteiger partial charge in [0.05, 0.1) is 11.8 Å². The van der Waals surface area contributed by atoms with E-state index in [0.717, 1.165) is 48.7 Å². The van der Waals surface area contributed by atoms with Crippen molar-refractivity contribution in [2.24, 2.45) is 7.05 Å². The Bertz CT molecular complexity index is 1130. The quantitative estimate of drug-likeness (QED) is 0.465. The number of nitrogens with one attached hydrogen (secondary N) is 2. The van der Waals surface area contributed by atoms with Gasteiger partial charge in [-0.3, -0.25) is 14.3 Å². The van der Waals surface area contributed by atoms with Crippen molar-refractivity contribution in [3.63, 3.8) is 0 Å². The number of rotatable bonds is 7. The molecule has 2 aromatic heterocycles. The molecule has 0 aliphatic heterocycles. The highest BCUT2D eigenvalue weighted by molar-refractivity contribution is 7.89. The average Bonchev–Trinajstić information content (AvgIpc) is 3.22. The van der Waals surface area contributed by atoms with Gasteiger partial charge < -0.3 is 10.1 Å². The van der Waals surface area contributed by atoms with Gasteiger partial charge in [-0.2, -0.15) is 15.1 Å². The fourth-order valence-corrected chi connectivity index (χ4v) is 5.42. The third-order valence-electron chi connectivity index (χ3n) is 4.85. The first-order valence-corrected chi connectivity index (χ1v) is 12.0. The molecule has 0 bridgehead atoms. The highest BCUT2D eigenvalue weighted by atomic mass is 32.2. The monoisotopic (exact) mass is 465 g/mol. The van der Waals surface area contributed by atoms with Gasteiger partial charge in [0.15, 0.2) is 6.10 Å². The normalized spacial score (nSPS) is 14.7. The minimum absolute atomic E-state index is 0.0879. The first-order chi connectivity index (χ1) is 14.7. The van der Waals surface area contributed by atoms with Crippen LogP contribution in [0.2, 0.25) is 0 Å². The van der Waals surface area contributed by atoms with Gasteiger partial charge in [0.1, 0.15) is 22.5 Å². The lowest BCUT2D eigenvalue weighted by molar-refractivity contribution is -0.151. The fraction of sp³-hybridized carbons (Fsp3) is 0.474. The summed E-state index contributed by atoms with van der Waals surface area (Å²) >= 11 is 1.38. The molecule has 166 valence electrons. The SMILES string of the molecule is CC(OC(=O)CNS(=O)(=O)c1cnn(C)c1)C(=O)Nc1sc2c(c1C#N)CCCCC2. The summed E-state index contributed by atoms with van der Waals surface area (Å²) in [7, 11) is -2.36. The van der Waals surface area contributed by atoms with Crippen molar-refractivity contribution < 1.29 is 22.7 Å². The number of thiophene rings is 1. The minimum Gasteiger partial charge on any atom is -0.452 e. The van der Waals surface area contributed by atoms with Crippen molar-refractivity contribution in [2.45, 2.75) is 50.0 Å². The van der Waals surface area contributed by atoms with Crippen molar-refractivity contribution in [1.29, 1.82) is 5.26 Å². The van der Waals surface area contributed by atoms with Crippen LogP contribution >= 0.6 is 11.3 Å². The van der Waals surface area contributed by atoms with Crippen LogP contribution in [-0.2, 0) is 44.2 Å². The molecule has 0 spiro atoms. The lowest BCUT2D eigenvalue weighted by Gasteiger charge is -2.13. The number of aryl methyl sites for hydroxylation is 2. The molecule has 0 fully saturated rings. The third kappa shape index (κ3) is 5.49. The first-order valence-electron chi connectivity index (χ1n) is 9.74. The summed E-state index contributed by atoms with van der Waals surface area (Å²) in [6, 6.07) is 2.18. The highest BCUT2D eigenvalue weighted by Gasteiger charge is 2.25. The maximum atomic E-state index is 12.5. The molecule has 12 heteroatoms. The molecule has 31 heavy (non-hydrogen) atoms. The molecule has 2 heterocycles. The Morgan fingerprint density at radius 2 is 2.10 bits per heavy atom. The van der Waals surface area contributed by atoms with Gasteiger partial charge in [-0.15, -0.1) is 11.3 Å². The van der Waals surface area contributed by atoms with Crippen LogP contribution in [0.4, 0.5) is 5.00 Å². The second-order valence-corrected chi connectivity index (χ2v) is 10.0. The summed E-state index contributed by atoms with van der Waals surface area (Å²) < 4.78 is 32.7. The Balaban J connectivity index is 1.57. The van der Waals surface area contributed by atoms with Crippen LogP contribution < -0.4 is 10.0 Å². The molecular weight excluding hydrogens is 442 g/mol. The molecule has 10 nitrogen and oxygen atoms in total. The topological polar surface area (TPSA) is 143 Å². The van der Waals surface area contributed by atoms with Crippen molar-refractivity contribution in [1.82, 2.24) is 14.5 Å². The van der Waals surface area contributed by atoms with E-state index < -0.39 is 34.5 Å². The third-order valence-corrected chi connectivity index (χ3v) is 7.41. The lowest BCUT2D eigenvalue weighted by atomic mass is 10.1. The number of hydrogen-bond acceptors (Lipinski definition) is 8. The maximum Gasteiger partial charge on any atom is 0.321 e. The Morgan fingerprint density at radius 1 is 1.35 bits per heavy atom. The van der Waals surface area contributed by atoms with Gasteiger partial charge in [-0.05, 0) is 38.2 Å². The van der Waals surface area contributed by atoms with Gasteiger partial charge in [-0.25, -0.2) is 8.42 Å². The summed E-state index contributed by atoms with van der Waals surface area (Å²) in [5, 5.41) is 16.4. The van der Waals surface area contributed by atoms with Crippen molar-refractivity contribution in [2.75, 3.05) is 11.9 Å². The zero-order valence-electron chi connectivity index (χ0n) is 17.2.